The van der Waals surface area contributed by atoms with Crippen LogP contribution >= 0.6 is 11.8 Å². The van der Waals surface area contributed by atoms with E-state index in [2.05, 4.69) is 5.32 Å². The summed E-state index contributed by atoms with van der Waals surface area (Å²) in [6, 6.07) is -0.134. The predicted octanol–water partition coefficient (Wildman–Crippen LogP) is 0.625. The zero-order valence-corrected chi connectivity index (χ0v) is 8.65. The highest BCUT2D eigenvalue weighted by Crippen LogP contribution is 2.07. The van der Waals surface area contributed by atoms with E-state index in [9.17, 15) is 4.79 Å². The second kappa shape index (κ2) is 6.31. The lowest BCUT2D eigenvalue weighted by Gasteiger charge is -2.10. The Morgan fingerprint density at radius 2 is 2.08 bits per heavy atom. The van der Waals surface area contributed by atoms with Gasteiger partial charge in [0.25, 0.3) is 0 Å². The van der Waals surface area contributed by atoms with Crippen molar-refractivity contribution in [3.05, 3.63) is 0 Å². The number of thioether (sulfide) groups is 1. The van der Waals surface area contributed by atoms with E-state index >= 15 is 0 Å². The zero-order valence-electron chi connectivity index (χ0n) is 7.83. The summed E-state index contributed by atoms with van der Waals surface area (Å²) in [5.74, 6) is 0.470. The first-order chi connectivity index (χ1) is 5.56. The summed E-state index contributed by atoms with van der Waals surface area (Å²) < 4.78 is 0. The molecule has 0 radical (unpaired) electrons. The molecule has 0 aliphatic heterocycles. The Kier molecular flexibility index (Phi) is 6.20. The molecule has 72 valence electrons. The second-order valence-corrected chi connectivity index (χ2v) is 4.58. The maximum atomic E-state index is 11.1. The topological polar surface area (TPSA) is 49.3 Å². The van der Waals surface area contributed by atoms with E-state index in [0.29, 0.717) is 11.0 Å². The second-order valence-electron chi connectivity index (χ2n) is 3.01. The monoisotopic (exact) mass is 191 g/mol. The molecule has 2 N–H and O–H groups in total. The van der Waals surface area contributed by atoms with Crippen LogP contribution in [0.3, 0.4) is 0 Å². The van der Waals surface area contributed by atoms with Crippen LogP contribution in [0.15, 0.2) is 0 Å². The Morgan fingerprint density at radius 1 is 1.50 bits per heavy atom. The van der Waals surface area contributed by atoms with Gasteiger partial charge in [-0.05, 0) is 12.2 Å². The molecule has 0 spiro atoms. The molecule has 3 nitrogen and oxygen atoms in total. The maximum Gasteiger partial charge on any atom is 0.230 e. The first-order valence-electron chi connectivity index (χ1n) is 4.08. The predicted molar refractivity (Wildman–Crippen MR) is 52.3 cm³/mol. The van der Waals surface area contributed by atoms with Gasteiger partial charge in [0.2, 0.25) is 5.91 Å². The van der Waals surface area contributed by atoms with Crippen molar-refractivity contribution in [1.82, 2.24) is 5.32 Å². The number of aliphatic hydroxyl groups excluding tert-OH is 1. The first-order valence-corrected chi connectivity index (χ1v) is 5.13. The van der Waals surface area contributed by atoms with Gasteiger partial charge in [0.1, 0.15) is 0 Å². The first kappa shape index (κ1) is 11.8. The minimum atomic E-state index is -0.134. The summed E-state index contributed by atoms with van der Waals surface area (Å²) in [6.45, 7) is 5.87. The number of hydrogen-bond donors (Lipinski definition) is 2. The van der Waals surface area contributed by atoms with Crippen LogP contribution in [-0.4, -0.2) is 34.7 Å². The van der Waals surface area contributed by atoms with Crippen LogP contribution in [0.2, 0.25) is 0 Å². The lowest BCUT2D eigenvalue weighted by molar-refractivity contribution is -0.119. The zero-order chi connectivity index (χ0) is 9.56. The smallest absolute Gasteiger partial charge is 0.230 e. The van der Waals surface area contributed by atoms with Gasteiger partial charge in [-0.25, -0.2) is 0 Å². The maximum absolute atomic E-state index is 11.1. The molecule has 0 aromatic carbocycles. The fourth-order valence-electron chi connectivity index (χ4n) is 0.604. The van der Waals surface area contributed by atoms with E-state index in [1.54, 1.807) is 18.7 Å². The van der Waals surface area contributed by atoms with E-state index in [1.165, 1.54) is 0 Å². The average Bonchev–Trinajstić information content (AvgIpc) is 2.00. The van der Waals surface area contributed by atoms with Crippen molar-refractivity contribution in [2.24, 2.45) is 0 Å². The van der Waals surface area contributed by atoms with Gasteiger partial charge >= 0.3 is 0 Å². The molecule has 0 aromatic rings. The van der Waals surface area contributed by atoms with E-state index in [-0.39, 0.29) is 18.6 Å². The Hall–Kier alpha value is -0.220. The van der Waals surface area contributed by atoms with Crippen molar-refractivity contribution in [2.45, 2.75) is 32.1 Å². The van der Waals surface area contributed by atoms with E-state index in [0.717, 1.165) is 0 Å². The van der Waals surface area contributed by atoms with Gasteiger partial charge in [-0.1, -0.05) is 13.8 Å². The van der Waals surface area contributed by atoms with Gasteiger partial charge in [-0.2, -0.15) is 0 Å². The summed E-state index contributed by atoms with van der Waals surface area (Å²) >= 11 is 1.60. The van der Waals surface area contributed by atoms with Gasteiger partial charge < -0.3 is 10.4 Å². The minimum absolute atomic E-state index is 0.00190. The molecule has 0 fully saturated rings. The Bertz CT molecular complexity index is 139. The standard InChI is InChI=1S/C8H17NO2S/c1-6(2)12-5-8(11)9-7(3)4-10/h6-7,10H,4-5H2,1-3H3,(H,9,11)/t7-/m0/s1. The lowest BCUT2D eigenvalue weighted by Crippen LogP contribution is -2.36. The Balaban J connectivity index is 3.46. The molecule has 0 heterocycles. The molecular formula is C8H17NO2S. The number of carbonyl (C=O) groups is 1. The van der Waals surface area contributed by atoms with E-state index in [1.807, 2.05) is 13.8 Å². The molecule has 0 aliphatic rings. The molecule has 0 saturated carbocycles. The number of hydrogen-bond acceptors (Lipinski definition) is 3. The normalized spacial score (nSPS) is 13.1. The van der Waals surface area contributed by atoms with Crippen molar-refractivity contribution in [1.29, 1.82) is 0 Å². The van der Waals surface area contributed by atoms with Gasteiger partial charge in [0.15, 0.2) is 0 Å². The molecule has 0 aromatic heterocycles. The van der Waals surface area contributed by atoms with Crippen LogP contribution in [-0.2, 0) is 4.79 Å². The number of carbonyl (C=O) groups excluding carboxylic acids is 1. The fourth-order valence-corrected chi connectivity index (χ4v) is 1.17. The Morgan fingerprint density at radius 3 is 2.50 bits per heavy atom. The highest BCUT2D eigenvalue weighted by atomic mass is 32.2. The van der Waals surface area contributed by atoms with Crippen LogP contribution in [0, 0.1) is 0 Å². The minimum Gasteiger partial charge on any atom is -0.394 e. The van der Waals surface area contributed by atoms with Crippen molar-refractivity contribution in [3.8, 4) is 0 Å². The summed E-state index contributed by atoms with van der Waals surface area (Å²) in [4.78, 5) is 11.1. The van der Waals surface area contributed by atoms with Gasteiger partial charge in [-0.15, -0.1) is 11.8 Å². The van der Waals surface area contributed by atoms with Crippen LogP contribution in [0.5, 0.6) is 0 Å². The van der Waals surface area contributed by atoms with Crippen molar-refractivity contribution < 1.29 is 9.90 Å². The van der Waals surface area contributed by atoms with Crippen LogP contribution in [0.25, 0.3) is 0 Å². The third kappa shape index (κ3) is 6.49. The molecule has 0 rings (SSSR count). The molecule has 4 heteroatoms. The van der Waals surface area contributed by atoms with Gasteiger partial charge in [-0.3, -0.25) is 4.79 Å². The summed E-state index contributed by atoms with van der Waals surface area (Å²) in [5.41, 5.74) is 0. The number of nitrogens with one attached hydrogen (secondary N) is 1. The molecule has 12 heavy (non-hydrogen) atoms. The molecule has 1 atom stereocenters. The van der Waals surface area contributed by atoms with Crippen molar-refractivity contribution in [3.63, 3.8) is 0 Å². The van der Waals surface area contributed by atoms with Crippen molar-refractivity contribution in [2.75, 3.05) is 12.4 Å². The van der Waals surface area contributed by atoms with Crippen LogP contribution in [0.1, 0.15) is 20.8 Å². The number of rotatable bonds is 5. The molecule has 0 aliphatic carbocycles. The molecular weight excluding hydrogens is 174 g/mol. The van der Waals surface area contributed by atoms with Crippen LogP contribution < -0.4 is 5.32 Å². The largest absolute Gasteiger partial charge is 0.394 e. The molecule has 0 saturated heterocycles. The van der Waals surface area contributed by atoms with Gasteiger partial charge in [0.05, 0.1) is 12.4 Å². The molecule has 0 bridgehead atoms. The van der Waals surface area contributed by atoms with Gasteiger partial charge in [0, 0.05) is 6.04 Å². The summed E-state index contributed by atoms with van der Waals surface area (Å²) in [6.07, 6.45) is 0. The molecule has 0 unspecified atom stereocenters. The summed E-state index contributed by atoms with van der Waals surface area (Å²) in [5, 5.41) is 11.8. The average molecular weight is 191 g/mol. The SMILES string of the molecule is CC(C)SCC(=O)N[C@@H](C)CO. The quantitative estimate of drug-likeness (QED) is 0.670. The van der Waals surface area contributed by atoms with Crippen molar-refractivity contribution >= 4 is 17.7 Å². The highest BCUT2D eigenvalue weighted by molar-refractivity contribution is 8.00. The highest BCUT2D eigenvalue weighted by Gasteiger charge is 2.06. The number of aliphatic hydroxyl groups is 1. The Labute approximate surface area is 77.9 Å². The van der Waals surface area contributed by atoms with E-state index < -0.39 is 0 Å². The number of amides is 1. The third-order valence-corrected chi connectivity index (χ3v) is 2.32. The lowest BCUT2D eigenvalue weighted by atomic mass is 10.4. The third-order valence-electron chi connectivity index (χ3n) is 1.23. The fraction of sp³-hybridized carbons (Fsp3) is 0.875. The van der Waals surface area contributed by atoms with E-state index in [4.69, 9.17) is 5.11 Å². The molecule has 1 amide bonds. The summed E-state index contributed by atoms with van der Waals surface area (Å²) in [7, 11) is 0. The van der Waals surface area contributed by atoms with Crippen LogP contribution in [0.4, 0.5) is 0 Å².